The van der Waals surface area contributed by atoms with Gasteiger partial charge in [0.1, 0.15) is 5.25 Å². The fourth-order valence-corrected chi connectivity index (χ4v) is 3.01. The highest BCUT2D eigenvalue weighted by molar-refractivity contribution is 8.15. The first-order valence-electron chi connectivity index (χ1n) is 6.51. The molecule has 0 spiro atoms. The molecule has 1 heterocycles. The third-order valence-corrected chi connectivity index (χ3v) is 4.02. The average molecular weight is 308 g/mol. The monoisotopic (exact) mass is 308 g/mol. The van der Waals surface area contributed by atoms with Gasteiger partial charge in [0.25, 0.3) is 5.24 Å². The second kappa shape index (κ2) is 6.73. The number of benzene rings is 1. The maximum atomic E-state index is 12.3. The predicted molar refractivity (Wildman–Crippen MR) is 80.2 cm³/mol. The van der Waals surface area contributed by atoms with Crippen LogP contribution in [-0.4, -0.2) is 40.6 Å². The number of aliphatic hydroxyl groups is 1. The van der Waals surface area contributed by atoms with Crippen molar-refractivity contribution in [1.82, 2.24) is 5.32 Å². The molecule has 1 fully saturated rings. The Balaban J connectivity index is 2.08. The molecule has 2 N–H and O–H groups in total. The molecule has 0 saturated carbocycles. The number of carbonyl (C=O) groups is 3. The number of aryl methyl sites for hydroxylation is 1. The number of carbonyl (C=O) groups excluding carboxylic acids is 3. The van der Waals surface area contributed by atoms with Crippen molar-refractivity contribution in [3.05, 3.63) is 29.8 Å². The van der Waals surface area contributed by atoms with E-state index in [1.807, 2.05) is 13.0 Å². The van der Waals surface area contributed by atoms with Gasteiger partial charge >= 0.3 is 0 Å². The summed E-state index contributed by atoms with van der Waals surface area (Å²) >= 11 is 0.858. The predicted octanol–water partition coefficient (Wildman–Crippen LogP) is 1.06. The molecule has 1 saturated heterocycles. The summed E-state index contributed by atoms with van der Waals surface area (Å²) in [6.07, 6.45) is -0.0719. The highest BCUT2D eigenvalue weighted by Crippen LogP contribution is 2.33. The first-order valence-corrected chi connectivity index (χ1v) is 7.39. The number of rotatable bonds is 5. The summed E-state index contributed by atoms with van der Waals surface area (Å²) in [6.45, 7) is 1.85. The lowest BCUT2D eigenvalue weighted by Gasteiger charge is -2.14. The van der Waals surface area contributed by atoms with Gasteiger partial charge in [-0.2, -0.15) is 0 Å². The van der Waals surface area contributed by atoms with Crippen LogP contribution in [0.3, 0.4) is 0 Å². The Labute approximate surface area is 126 Å². The summed E-state index contributed by atoms with van der Waals surface area (Å²) < 4.78 is 0. The van der Waals surface area contributed by atoms with Crippen LogP contribution in [0.1, 0.15) is 12.0 Å². The Morgan fingerprint density at radius 1 is 1.43 bits per heavy atom. The number of nitrogens with one attached hydrogen (secondary N) is 1. The average Bonchev–Trinajstić information content (AvgIpc) is 2.71. The number of hydrogen-bond acceptors (Lipinski definition) is 5. The zero-order valence-electron chi connectivity index (χ0n) is 11.5. The molecule has 0 aromatic heterocycles. The van der Waals surface area contributed by atoms with Crippen LogP contribution in [0.2, 0.25) is 0 Å². The van der Waals surface area contributed by atoms with Crippen molar-refractivity contribution in [2.45, 2.75) is 18.6 Å². The molecule has 3 amide bonds. The molecule has 0 bridgehead atoms. The van der Waals surface area contributed by atoms with Gasteiger partial charge in [-0.25, -0.2) is 4.90 Å². The van der Waals surface area contributed by atoms with E-state index in [1.165, 1.54) is 0 Å². The van der Waals surface area contributed by atoms with Crippen LogP contribution in [0.4, 0.5) is 10.5 Å². The molecule has 21 heavy (non-hydrogen) atoms. The Kier molecular flexibility index (Phi) is 4.98. The van der Waals surface area contributed by atoms with E-state index >= 15 is 0 Å². The van der Waals surface area contributed by atoms with E-state index in [1.54, 1.807) is 18.2 Å². The van der Waals surface area contributed by atoms with Gasteiger partial charge in [-0.15, -0.1) is 0 Å². The molecule has 0 aliphatic carbocycles. The molecule has 1 aliphatic heterocycles. The molecule has 7 heteroatoms. The summed E-state index contributed by atoms with van der Waals surface area (Å²) in [5.74, 6) is -0.733. The number of imide groups is 1. The van der Waals surface area contributed by atoms with Crippen LogP contribution >= 0.6 is 11.8 Å². The summed E-state index contributed by atoms with van der Waals surface area (Å²) in [5.41, 5.74) is 1.47. The zero-order valence-corrected chi connectivity index (χ0v) is 12.4. The Bertz CT molecular complexity index is 576. The molecular weight excluding hydrogens is 292 g/mol. The van der Waals surface area contributed by atoms with E-state index in [4.69, 9.17) is 5.11 Å². The third-order valence-electron chi connectivity index (χ3n) is 2.99. The fourth-order valence-electron chi connectivity index (χ4n) is 2.02. The SMILES string of the molecule is Cc1cccc(N2C(=O)SC(CC(=O)NCCO)C2=O)c1. The second-order valence-corrected chi connectivity index (χ2v) is 5.82. The van der Waals surface area contributed by atoms with Crippen LogP contribution in [0.15, 0.2) is 24.3 Å². The summed E-state index contributed by atoms with van der Waals surface area (Å²) in [4.78, 5) is 37.0. The molecule has 2 rings (SSSR count). The molecule has 112 valence electrons. The van der Waals surface area contributed by atoms with E-state index in [-0.39, 0.29) is 36.6 Å². The number of thioether (sulfide) groups is 1. The van der Waals surface area contributed by atoms with Crippen molar-refractivity contribution in [2.24, 2.45) is 0 Å². The standard InChI is InChI=1S/C14H16N2O4S/c1-9-3-2-4-10(7-9)16-13(19)11(21-14(16)20)8-12(18)15-5-6-17/h2-4,7,11,17H,5-6,8H2,1H3,(H,15,18). The maximum absolute atomic E-state index is 12.3. The number of amides is 3. The number of aliphatic hydroxyl groups excluding tert-OH is 1. The molecule has 1 atom stereocenters. The van der Waals surface area contributed by atoms with E-state index in [0.29, 0.717) is 5.69 Å². The van der Waals surface area contributed by atoms with Crippen molar-refractivity contribution < 1.29 is 19.5 Å². The van der Waals surface area contributed by atoms with Crippen molar-refractivity contribution >= 4 is 34.5 Å². The van der Waals surface area contributed by atoms with Crippen LogP contribution in [0, 0.1) is 6.92 Å². The van der Waals surface area contributed by atoms with E-state index < -0.39 is 5.25 Å². The first kappa shape index (κ1) is 15.5. The molecule has 0 radical (unpaired) electrons. The van der Waals surface area contributed by atoms with Crippen LogP contribution in [-0.2, 0) is 9.59 Å². The van der Waals surface area contributed by atoms with Gasteiger partial charge in [0.05, 0.1) is 12.3 Å². The molecule has 1 aromatic carbocycles. The lowest BCUT2D eigenvalue weighted by molar-refractivity contribution is -0.124. The Morgan fingerprint density at radius 2 is 2.19 bits per heavy atom. The minimum absolute atomic E-state index is 0.0719. The van der Waals surface area contributed by atoms with Gasteiger partial charge in [0.15, 0.2) is 0 Å². The molecular formula is C14H16N2O4S. The Morgan fingerprint density at radius 3 is 2.86 bits per heavy atom. The quantitative estimate of drug-likeness (QED) is 0.849. The van der Waals surface area contributed by atoms with Gasteiger partial charge in [-0.05, 0) is 36.4 Å². The Hall–Kier alpha value is -1.86. The summed E-state index contributed by atoms with van der Waals surface area (Å²) in [6, 6.07) is 7.10. The van der Waals surface area contributed by atoms with E-state index in [2.05, 4.69) is 5.32 Å². The fraction of sp³-hybridized carbons (Fsp3) is 0.357. The van der Waals surface area contributed by atoms with Gasteiger partial charge in [-0.1, -0.05) is 12.1 Å². The summed E-state index contributed by atoms with van der Waals surface area (Å²) in [7, 11) is 0. The minimum Gasteiger partial charge on any atom is -0.395 e. The number of hydrogen-bond donors (Lipinski definition) is 2. The number of nitrogens with zero attached hydrogens (tertiary/aromatic N) is 1. The van der Waals surface area contributed by atoms with Crippen LogP contribution < -0.4 is 10.2 Å². The highest BCUT2D eigenvalue weighted by atomic mass is 32.2. The third kappa shape index (κ3) is 3.62. The van der Waals surface area contributed by atoms with Crippen molar-refractivity contribution in [2.75, 3.05) is 18.1 Å². The number of anilines is 1. The van der Waals surface area contributed by atoms with Gasteiger partial charge < -0.3 is 10.4 Å². The molecule has 1 aromatic rings. The van der Waals surface area contributed by atoms with E-state index in [9.17, 15) is 14.4 Å². The second-order valence-electron chi connectivity index (χ2n) is 4.66. The van der Waals surface area contributed by atoms with Crippen LogP contribution in [0.25, 0.3) is 0 Å². The first-order chi connectivity index (χ1) is 10.0. The van der Waals surface area contributed by atoms with Crippen molar-refractivity contribution in [3.8, 4) is 0 Å². The lowest BCUT2D eigenvalue weighted by atomic mass is 10.2. The van der Waals surface area contributed by atoms with E-state index in [0.717, 1.165) is 22.2 Å². The highest BCUT2D eigenvalue weighted by Gasteiger charge is 2.41. The molecule has 6 nitrogen and oxygen atoms in total. The molecule has 1 unspecified atom stereocenters. The molecule has 1 aliphatic rings. The normalized spacial score (nSPS) is 18.2. The topological polar surface area (TPSA) is 86.7 Å². The minimum atomic E-state index is -0.711. The zero-order chi connectivity index (χ0) is 15.4. The van der Waals surface area contributed by atoms with Gasteiger partial charge in [-0.3, -0.25) is 14.4 Å². The largest absolute Gasteiger partial charge is 0.395 e. The van der Waals surface area contributed by atoms with Crippen molar-refractivity contribution in [3.63, 3.8) is 0 Å². The van der Waals surface area contributed by atoms with Gasteiger partial charge in [0.2, 0.25) is 11.8 Å². The lowest BCUT2D eigenvalue weighted by Crippen LogP contribution is -2.35. The van der Waals surface area contributed by atoms with Gasteiger partial charge in [0, 0.05) is 13.0 Å². The maximum Gasteiger partial charge on any atom is 0.293 e. The van der Waals surface area contributed by atoms with Crippen molar-refractivity contribution in [1.29, 1.82) is 0 Å². The smallest absolute Gasteiger partial charge is 0.293 e. The summed E-state index contributed by atoms with van der Waals surface area (Å²) in [5, 5.41) is 10.0. The van der Waals surface area contributed by atoms with Crippen LogP contribution in [0.5, 0.6) is 0 Å².